The molecule has 0 aromatic carbocycles. The van der Waals surface area contributed by atoms with Crippen LogP contribution in [0.15, 0.2) is 41.7 Å². The first-order chi connectivity index (χ1) is 8.70. The van der Waals surface area contributed by atoms with E-state index < -0.39 is 0 Å². The lowest BCUT2D eigenvalue weighted by atomic mass is 10.2. The van der Waals surface area contributed by atoms with Crippen molar-refractivity contribution in [3.63, 3.8) is 0 Å². The average molecular weight is 302 g/mol. The smallest absolute Gasteiger partial charge is 0.102 e. The number of halogens is 1. The lowest BCUT2D eigenvalue weighted by Crippen LogP contribution is -2.00. The van der Waals surface area contributed by atoms with E-state index in [1.807, 2.05) is 25.1 Å². The van der Waals surface area contributed by atoms with E-state index in [9.17, 15) is 5.26 Å². The number of rotatable bonds is 3. The SMILES string of the molecule is C=CCn1c(C)c(C#N)c(Br)c1-c1cccnc1. The van der Waals surface area contributed by atoms with E-state index >= 15 is 0 Å². The van der Waals surface area contributed by atoms with Crippen LogP contribution in [0.3, 0.4) is 0 Å². The van der Waals surface area contributed by atoms with Gasteiger partial charge in [0.15, 0.2) is 0 Å². The van der Waals surface area contributed by atoms with Gasteiger partial charge in [-0.25, -0.2) is 0 Å². The second kappa shape index (κ2) is 5.19. The molecule has 2 heterocycles. The molecule has 0 N–H and O–H groups in total. The van der Waals surface area contributed by atoms with E-state index in [-0.39, 0.29) is 0 Å². The van der Waals surface area contributed by atoms with E-state index in [0.717, 1.165) is 21.4 Å². The van der Waals surface area contributed by atoms with Crippen molar-refractivity contribution in [2.45, 2.75) is 13.5 Å². The quantitative estimate of drug-likeness (QED) is 0.812. The van der Waals surface area contributed by atoms with Crippen molar-refractivity contribution in [1.29, 1.82) is 5.26 Å². The number of aromatic nitrogens is 2. The summed E-state index contributed by atoms with van der Waals surface area (Å²) in [5, 5.41) is 9.22. The summed E-state index contributed by atoms with van der Waals surface area (Å²) in [6.45, 7) is 6.36. The van der Waals surface area contributed by atoms with Gasteiger partial charge in [-0.3, -0.25) is 4.98 Å². The minimum Gasteiger partial charge on any atom is -0.339 e. The zero-order valence-electron chi connectivity index (χ0n) is 10.0. The van der Waals surface area contributed by atoms with E-state index in [1.165, 1.54) is 0 Å². The summed E-state index contributed by atoms with van der Waals surface area (Å²) in [5.41, 5.74) is 3.55. The Bertz CT molecular complexity index is 621. The number of hydrogen-bond donors (Lipinski definition) is 0. The van der Waals surface area contributed by atoms with E-state index in [1.54, 1.807) is 12.4 Å². The normalized spacial score (nSPS) is 10.1. The molecule has 0 unspecified atom stereocenters. The summed E-state index contributed by atoms with van der Waals surface area (Å²) in [5.74, 6) is 0. The highest BCUT2D eigenvalue weighted by Gasteiger charge is 2.19. The summed E-state index contributed by atoms with van der Waals surface area (Å²) in [7, 11) is 0. The molecular weight excluding hydrogens is 290 g/mol. The first-order valence-electron chi connectivity index (χ1n) is 5.50. The molecule has 90 valence electrons. The van der Waals surface area contributed by atoms with Crippen LogP contribution in [0, 0.1) is 18.3 Å². The molecule has 0 bridgehead atoms. The van der Waals surface area contributed by atoms with Gasteiger partial charge in [-0.2, -0.15) is 5.26 Å². The molecule has 4 heteroatoms. The molecule has 0 saturated carbocycles. The van der Waals surface area contributed by atoms with Crippen molar-refractivity contribution in [2.24, 2.45) is 0 Å². The van der Waals surface area contributed by atoms with Crippen LogP contribution in [-0.4, -0.2) is 9.55 Å². The third kappa shape index (κ3) is 1.98. The Labute approximate surface area is 115 Å². The maximum absolute atomic E-state index is 9.22. The fourth-order valence-electron chi connectivity index (χ4n) is 1.97. The van der Waals surface area contributed by atoms with Crippen molar-refractivity contribution >= 4 is 15.9 Å². The molecule has 3 nitrogen and oxygen atoms in total. The van der Waals surface area contributed by atoms with Gasteiger partial charge < -0.3 is 4.57 Å². The monoisotopic (exact) mass is 301 g/mol. The lowest BCUT2D eigenvalue weighted by Gasteiger charge is -2.09. The van der Waals surface area contributed by atoms with Crippen LogP contribution in [0.25, 0.3) is 11.3 Å². The van der Waals surface area contributed by atoms with Crippen molar-refractivity contribution in [3.05, 3.63) is 52.9 Å². The number of allylic oxidation sites excluding steroid dienone is 1. The molecule has 0 amide bonds. The second-order valence-electron chi connectivity index (χ2n) is 3.88. The summed E-state index contributed by atoms with van der Waals surface area (Å²) >= 11 is 3.51. The fourth-order valence-corrected chi connectivity index (χ4v) is 2.79. The standard InChI is InChI=1S/C14H12BrN3/c1-3-7-18-10(2)12(8-16)13(15)14(18)11-5-4-6-17-9-11/h3-6,9H,1,7H2,2H3. The zero-order chi connectivity index (χ0) is 13.1. The first-order valence-corrected chi connectivity index (χ1v) is 6.30. The van der Waals surface area contributed by atoms with Gasteiger partial charge in [0.25, 0.3) is 0 Å². The molecular formula is C14H12BrN3. The number of hydrogen-bond acceptors (Lipinski definition) is 2. The molecule has 18 heavy (non-hydrogen) atoms. The van der Waals surface area contributed by atoms with Crippen LogP contribution in [0.2, 0.25) is 0 Å². The molecule has 0 spiro atoms. The Morgan fingerprint density at radius 2 is 2.39 bits per heavy atom. The molecule has 2 aromatic rings. The number of pyridine rings is 1. The van der Waals surface area contributed by atoms with Gasteiger partial charge >= 0.3 is 0 Å². The van der Waals surface area contributed by atoms with Crippen LogP contribution in [0.4, 0.5) is 0 Å². The maximum atomic E-state index is 9.22. The van der Waals surface area contributed by atoms with Gasteiger partial charge in [0.05, 0.1) is 15.7 Å². The molecule has 0 radical (unpaired) electrons. The van der Waals surface area contributed by atoms with Crippen molar-refractivity contribution in [2.75, 3.05) is 0 Å². The Hall–Kier alpha value is -1.86. The third-order valence-electron chi connectivity index (χ3n) is 2.82. The molecule has 0 aliphatic carbocycles. The molecule has 0 saturated heterocycles. The van der Waals surface area contributed by atoms with Gasteiger partial charge in [0.1, 0.15) is 6.07 Å². The van der Waals surface area contributed by atoms with Crippen LogP contribution in [0.5, 0.6) is 0 Å². The minimum absolute atomic E-state index is 0.663. The van der Waals surface area contributed by atoms with Crippen molar-refractivity contribution < 1.29 is 0 Å². The van der Waals surface area contributed by atoms with Crippen LogP contribution in [-0.2, 0) is 6.54 Å². The van der Waals surface area contributed by atoms with Crippen LogP contribution >= 0.6 is 15.9 Å². The fraction of sp³-hybridized carbons (Fsp3) is 0.143. The molecule has 0 aliphatic heterocycles. The Morgan fingerprint density at radius 3 is 2.94 bits per heavy atom. The van der Waals surface area contributed by atoms with Crippen LogP contribution in [0.1, 0.15) is 11.3 Å². The summed E-state index contributed by atoms with van der Waals surface area (Å²) < 4.78 is 2.88. The summed E-state index contributed by atoms with van der Waals surface area (Å²) in [6.07, 6.45) is 5.34. The second-order valence-corrected chi connectivity index (χ2v) is 4.67. The van der Waals surface area contributed by atoms with Gasteiger partial charge in [-0.15, -0.1) is 6.58 Å². The molecule has 2 aromatic heterocycles. The lowest BCUT2D eigenvalue weighted by molar-refractivity contribution is 0.804. The topological polar surface area (TPSA) is 41.6 Å². The minimum atomic E-state index is 0.663. The largest absolute Gasteiger partial charge is 0.339 e. The highest BCUT2D eigenvalue weighted by Crippen LogP contribution is 2.35. The van der Waals surface area contributed by atoms with Crippen molar-refractivity contribution in [1.82, 2.24) is 9.55 Å². The highest BCUT2D eigenvalue weighted by atomic mass is 79.9. The first kappa shape index (κ1) is 12.6. The Kier molecular flexibility index (Phi) is 3.63. The highest BCUT2D eigenvalue weighted by molar-refractivity contribution is 9.10. The number of nitriles is 1. The molecule has 2 rings (SSSR count). The third-order valence-corrected chi connectivity index (χ3v) is 3.59. The molecule has 0 fully saturated rings. The maximum Gasteiger partial charge on any atom is 0.102 e. The summed E-state index contributed by atoms with van der Waals surface area (Å²) in [4.78, 5) is 4.13. The predicted molar refractivity (Wildman–Crippen MR) is 75.0 cm³/mol. The Morgan fingerprint density at radius 1 is 1.61 bits per heavy atom. The van der Waals surface area contributed by atoms with Gasteiger partial charge in [-0.1, -0.05) is 6.08 Å². The predicted octanol–water partition coefficient (Wildman–Crippen LogP) is 3.68. The average Bonchev–Trinajstić information content (AvgIpc) is 2.62. The van der Waals surface area contributed by atoms with E-state index in [4.69, 9.17) is 0 Å². The molecule has 0 atom stereocenters. The summed E-state index contributed by atoms with van der Waals surface area (Å²) in [6, 6.07) is 6.09. The number of nitrogens with zero attached hydrogens (tertiary/aromatic N) is 3. The van der Waals surface area contributed by atoms with Crippen LogP contribution < -0.4 is 0 Å². The Balaban J connectivity index is 2.74. The van der Waals surface area contributed by atoms with Gasteiger partial charge in [0.2, 0.25) is 0 Å². The van der Waals surface area contributed by atoms with Gasteiger partial charge in [0, 0.05) is 30.2 Å². The van der Waals surface area contributed by atoms with E-state index in [2.05, 4.69) is 38.1 Å². The van der Waals surface area contributed by atoms with E-state index in [0.29, 0.717) is 12.1 Å². The van der Waals surface area contributed by atoms with Gasteiger partial charge in [-0.05, 0) is 35.0 Å². The van der Waals surface area contributed by atoms with Crippen molar-refractivity contribution in [3.8, 4) is 17.3 Å². The zero-order valence-corrected chi connectivity index (χ0v) is 11.6. The molecule has 0 aliphatic rings.